The molecule has 0 aliphatic carbocycles. The monoisotopic (exact) mass is 320 g/mol. The number of amides is 1. The number of likely N-dealkylation sites (tertiary alicyclic amines) is 1. The van der Waals surface area contributed by atoms with Crippen LogP contribution in [0.5, 0.6) is 0 Å². The molecule has 0 saturated carbocycles. The first kappa shape index (κ1) is 16.4. The Morgan fingerprint density at radius 3 is 2.87 bits per heavy atom. The second-order valence-electron chi connectivity index (χ2n) is 6.58. The zero-order chi connectivity index (χ0) is 16.2. The maximum atomic E-state index is 12.5. The molecule has 0 radical (unpaired) electrons. The highest BCUT2D eigenvalue weighted by atomic mass is 16.2. The average molecular weight is 320 g/mol. The van der Waals surface area contributed by atoms with E-state index in [0.717, 1.165) is 51.1 Å². The summed E-state index contributed by atoms with van der Waals surface area (Å²) in [4.78, 5) is 14.9. The van der Waals surface area contributed by atoms with Gasteiger partial charge in [0.05, 0.1) is 11.7 Å². The van der Waals surface area contributed by atoms with Crippen molar-refractivity contribution in [2.45, 2.75) is 51.6 Å². The van der Waals surface area contributed by atoms with Crippen molar-refractivity contribution >= 4 is 5.91 Å². The molecule has 0 unspecified atom stereocenters. The van der Waals surface area contributed by atoms with Crippen LogP contribution in [-0.2, 0) is 0 Å². The molecular formula is C16H28N6O. The lowest BCUT2D eigenvalue weighted by Crippen LogP contribution is -2.40. The second kappa shape index (κ2) is 7.40. The van der Waals surface area contributed by atoms with Gasteiger partial charge in [-0.25, -0.2) is 4.68 Å². The Hall–Kier alpha value is -1.47. The van der Waals surface area contributed by atoms with E-state index in [2.05, 4.69) is 32.8 Å². The number of nitrogens with zero attached hydrogens (tertiary/aromatic N) is 4. The normalized spacial score (nSPS) is 23.3. The summed E-state index contributed by atoms with van der Waals surface area (Å²) in [6, 6.07) is 0.819. The summed E-state index contributed by atoms with van der Waals surface area (Å²) in [5.74, 6) is -0.0920. The van der Waals surface area contributed by atoms with Crippen molar-refractivity contribution in [3.8, 4) is 0 Å². The van der Waals surface area contributed by atoms with Gasteiger partial charge in [-0.1, -0.05) is 12.1 Å². The van der Waals surface area contributed by atoms with E-state index >= 15 is 0 Å². The third-order valence-corrected chi connectivity index (χ3v) is 5.20. The fourth-order valence-corrected chi connectivity index (χ4v) is 3.79. The standard InChI is InChI=1S/C16H28N6O/c1-3-21-10-4-5-14(21)11-18-16(23)15-12(2)22(20-19-15)13-6-8-17-9-7-13/h13-14,17H,3-11H2,1-2H3,(H,18,23)/t14-/m0/s1. The number of hydrogen-bond donors (Lipinski definition) is 2. The van der Waals surface area contributed by atoms with E-state index in [4.69, 9.17) is 0 Å². The zero-order valence-electron chi connectivity index (χ0n) is 14.2. The number of nitrogens with one attached hydrogen (secondary N) is 2. The van der Waals surface area contributed by atoms with Crippen LogP contribution < -0.4 is 10.6 Å². The SMILES string of the molecule is CCN1CCC[C@H]1CNC(=O)c1nnn(C2CCNCC2)c1C. The van der Waals surface area contributed by atoms with Crippen LogP contribution in [0.2, 0.25) is 0 Å². The van der Waals surface area contributed by atoms with Crippen molar-refractivity contribution in [3.63, 3.8) is 0 Å². The highest BCUT2D eigenvalue weighted by molar-refractivity contribution is 5.93. The van der Waals surface area contributed by atoms with Gasteiger partial charge >= 0.3 is 0 Å². The van der Waals surface area contributed by atoms with Gasteiger partial charge in [-0.3, -0.25) is 9.69 Å². The van der Waals surface area contributed by atoms with Gasteiger partial charge < -0.3 is 10.6 Å². The molecule has 1 amide bonds. The fraction of sp³-hybridized carbons (Fsp3) is 0.812. The van der Waals surface area contributed by atoms with E-state index in [1.54, 1.807) is 0 Å². The third-order valence-electron chi connectivity index (χ3n) is 5.20. The number of hydrogen-bond acceptors (Lipinski definition) is 5. The molecule has 2 saturated heterocycles. The van der Waals surface area contributed by atoms with Gasteiger partial charge in [-0.2, -0.15) is 0 Å². The van der Waals surface area contributed by atoms with Crippen molar-refractivity contribution in [2.24, 2.45) is 0 Å². The van der Waals surface area contributed by atoms with Crippen LogP contribution in [0.4, 0.5) is 0 Å². The van der Waals surface area contributed by atoms with E-state index in [1.807, 2.05) is 11.6 Å². The van der Waals surface area contributed by atoms with Crippen LogP contribution in [0.15, 0.2) is 0 Å². The van der Waals surface area contributed by atoms with Gasteiger partial charge in [-0.05, 0) is 58.8 Å². The summed E-state index contributed by atoms with van der Waals surface area (Å²) in [5, 5.41) is 14.8. The Kier molecular flexibility index (Phi) is 5.27. The van der Waals surface area contributed by atoms with Crippen molar-refractivity contribution < 1.29 is 4.79 Å². The molecular weight excluding hydrogens is 292 g/mol. The Balaban J connectivity index is 1.60. The highest BCUT2D eigenvalue weighted by Crippen LogP contribution is 2.20. The van der Waals surface area contributed by atoms with Crippen LogP contribution in [-0.4, -0.2) is 64.6 Å². The molecule has 1 aromatic heterocycles. The molecule has 1 aromatic rings. The predicted molar refractivity (Wildman–Crippen MR) is 88.5 cm³/mol. The summed E-state index contributed by atoms with van der Waals surface area (Å²) in [6.07, 6.45) is 4.46. The van der Waals surface area contributed by atoms with E-state index < -0.39 is 0 Å². The van der Waals surface area contributed by atoms with E-state index in [1.165, 1.54) is 6.42 Å². The Morgan fingerprint density at radius 1 is 1.35 bits per heavy atom. The minimum atomic E-state index is -0.0920. The largest absolute Gasteiger partial charge is 0.349 e. The maximum Gasteiger partial charge on any atom is 0.273 e. The first-order valence-electron chi connectivity index (χ1n) is 8.85. The summed E-state index contributed by atoms with van der Waals surface area (Å²) >= 11 is 0. The Morgan fingerprint density at radius 2 is 2.13 bits per heavy atom. The fourth-order valence-electron chi connectivity index (χ4n) is 3.79. The lowest BCUT2D eigenvalue weighted by molar-refractivity contribution is 0.0935. The van der Waals surface area contributed by atoms with Gasteiger partial charge in [0.1, 0.15) is 0 Å². The number of piperidine rings is 1. The number of carbonyl (C=O) groups is 1. The molecule has 0 aromatic carbocycles. The first-order chi connectivity index (χ1) is 11.2. The smallest absolute Gasteiger partial charge is 0.273 e. The Bertz CT molecular complexity index is 537. The summed E-state index contributed by atoms with van der Waals surface area (Å²) in [7, 11) is 0. The Labute approximate surface area is 137 Å². The number of likely N-dealkylation sites (N-methyl/N-ethyl adjacent to an activating group) is 1. The van der Waals surface area contributed by atoms with E-state index in [0.29, 0.717) is 24.3 Å². The summed E-state index contributed by atoms with van der Waals surface area (Å²) in [5.41, 5.74) is 1.36. The molecule has 2 aliphatic rings. The first-order valence-corrected chi connectivity index (χ1v) is 8.85. The molecule has 23 heavy (non-hydrogen) atoms. The topological polar surface area (TPSA) is 75.1 Å². The summed E-state index contributed by atoms with van der Waals surface area (Å²) < 4.78 is 1.93. The molecule has 128 valence electrons. The maximum absolute atomic E-state index is 12.5. The molecule has 2 aliphatic heterocycles. The van der Waals surface area contributed by atoms with E-state index in [-0.39, 0.29) is 5.91 Å². The molecule has 2 N–H and O–H groups in total. The van der Waals surface area contributed by atoms with E-state index in [9.17, 15) is 4.79 Å². The molecule has 3 heterocycles. The molecule has 7 nitrogen and oxygen atoms in total. The van der Waals surface area contributed by atoms with Crippen molar-refractivity contribution in [2.75, 3.05) is 32.7 Å². The summed E-state index contributed by atoms with van der Waals surface area (Å²) in [6.45, 7) is 9.01. The minimum Gasteiger partial charge on any atom is -0.349 e. The van der Waals surface area contributed by atoms with Crippen LogP contribution >= 0.6 is 0 Å². The second-order valence-corrected chi connectivity index (χ2v) is 6.58. The number of aromatic nitrogens is 3. The number of rotatable bonds is 5. The van der Waals surface area contributed by atoms with Gasteiger partial charge in [-0.15, -0.1) is 5.10 Å². The minimum absolute atomic E-state index is 0.0920. The van der Waals surface area contributed by atoms with Crippen LogP contribution in [0.3, 0.4) is 0 Å². The number of carbonyl (C=O) groups excluding carboxylic acids is 1. The molecule has 1 atom stereocenters. The van der Waals surface area contributed by atoms with Gasteiger partial charge in [0, 0.05) is 12.6 Å². The lowest BCUT2D eigenvalue weighted by Gasteiger charge is -2.23. The zero-order valence-corrected chi connectivity index (χ0v) is 14.2. The molecule has 7 heteroatoms. The van der Waals surface area contributed by atoms with Crippen LogP contribution in [0.1, 0.15) is 54.8 Å². The molecule has 0 spiro atoms. The van der Waals surface area contributed by atoms with Crippen molar-refractivity contribution in [1.82, 2.24) is 30.5 Å². The average Bonchev–Trinajstić information content (AvgIpc) is 3.19. The predicted octanol–water partition coefficient (Wildman–Crippen LogP) is 0.725. The third kappa shape index (κ3) is 3.55. The van der Waals surface area contributed by atoms with Crippen molar-refractivity contribution in [1.29, 1.82) is 0 Å². The molecule has 2 fully saturated rings. The molecule has 3 rings (SSSR count). The van der Waals surface area contributed by atoms with Crippen molar-refractivity contribution in [3.05, 3.63) is 11.4 Å². The quantitative estimate of drug-likeness (QED) is 0.836. The van der Waals surface area contributed by atoms with Gasteiger partial charge in [0.15, 0.2) is 5.69 Å². The van der Waals surface area contributed by atoms with Gasteiger partial charge in [0.25, 0.3) is 5.91 Å². The molecule has 0 bridgehead atoms. The highest BCUT2D eigenvalue weighted by Gasteiger charge is 2.26. The lowest BCUT2D eigenvalue weighted by atomic mass is 10.1. The van der Waals surface area contributed by atoms with Crippen LogP contribution in [0, 0.1) is 6.92 Å². The van der Waals surface area contributed by atoms with Crippen LogP contribution in [0.25, 0.3) is 0 Å². The van der Waals surface area contributed by atoms with Gasteiger partial charge in [0.2, 0.25) is 0 Å².